The lowest BCUT2D eigenvalue weighted by molar-refractivity contribution is 0.355. The summed E-state index contributed by atoms with van der Waals surface area (Å²) in [6.45, 7) is 0. The molecule has 1 N–H and O–H groups in total. The van der Waals surface area contributed by atoms with Crippen molar-refractivity contribution < 1.29 is 9.47 Å². The molecule has 0 aliphatic carbocycles. The second-order valence-electron chi connectivity index (χ2n) is 4.39. The summed E-state index contributed by atoms with van der Waals surface area (Å²) in [7, 11) is 3.12. The molecule has 0 aliphatic heterocycles. The number of rotatable bonds is 4. The molecule has 0 spiro atoms. The summed E-state index contributed by atoms with van der Waals surface area (Å²) in [5, 5.41) is 10.9. The number of ether oxygens (including phenoxy) is 2. The van der Waals surface area contributed by atoms with Crippen molar-refractivity contribution >= 4 is 17.2 Å². The van der Waals surface area contributed by atoms with Gasteiger partial charge in [0.15, 0.2) is 17.1 Å². The molecule has 0 amide bonds. The van der Waals surface area contributed by atoms with E-state index in [9.17, 15) is 4.79 Å². The van der Waals surface area contributed by atoms with E-state index in [2.05, 4.69) is 20.3 Å². The van der Waals surface area contributed by atoms with Crippen molar-refractivity contribution in [3.05, 3.63) is 46.6 Å². The summed E-state index contributed by atoms with van der Waals surface area (Å²) >= 11 is 0. The number of benzene rings is 1. The van der Waals surface area contributed by atoms with Crippen LogP contribution >= 0.6 is 0 Å². The maximum Gasteiger partial charge on any atom is 0.285 e. The Morgan fingerprint density at radius 2 is 2.09 bits per heavy atom. The van der Waals surface area contributed by atoms with E-state index < -0.39 is 0 Å². The molecule has 0 radical (unpaired) electrons. The molecule has 0 bridgehead atoms. The van der Waals surface area contributed by atoms with Gasteiger partial charge in [0.2, 0.25) is 0 Å². The Kier molecular flexibility index (Phi) is 3.57. The normalized spacial score (nSPS) is 11.2. The summed E-state index contributed by atoms with van der Waals surface area (Å²) in [6.07, 6.45) is 4.30. The largest absolute Gasteiger partial charge is 0.493 e. The minimum absolute atomic E-state index is 0.296. The number of hydrogen-bond donors (Lipinski definition) is 1. The number of nitrogens with one attached hydrogen (secondary N) is 1. The van der Waals surface area contributed by atoms with Gasteiger partial charge in [-0.3, -0.25) is 9.89 Å². The zero-order chi connectivity index (χ0) is 15.5. The topological polar surface area (TPSA) is 94.4 Å². The minimum Gasteiger partial charge on any atom is -0.493 e. The van der Waals surface area contributed by atoms with Gasteiger partial charge in [0.1, 0.15) is 11.7 Å². The molecule has 0 saturated heterocycles. The fraction of sp³-hybridized carbons (Fsp3) is 0.143. The van der Waals surface area contributed by atoms with Crippen molar-refractivity contribution in [1.29, 1.82) is 0 Å². The zero-order valence-corrected chi connectivity index (χ0v) is 12.0. The van der Waals surface area contributed by atoms with Crippen LogP contribution in [0.1, 0.15) is 5.56 Å². The molecule has 0 aliphatic rings. The van der Waals surface area contributed by atoms with Gasteiger partial charge in [-0.2, -0.15) is 14.9 Å². The fourth-order valence-corrected chi connectivity index (χ4v) is 1.97. The predicted molar refractivity (Wildman–Crippen MR) is 80.7 cm³/mol. The van der Waals surface area contributed by atoms with Crippen LogP contribution in [0.5, 0.6) is 11.5 Å². The highest BCUT2D eigenvalue weighted by Gasteiger charge is 2.05. The number of fused-ring (bicyclic) bond motifs is 1. The van der Waals surface area contributed by atoms with E-state index in [0.29, 0.717) is 22.5 Å². The molecule has 8 nitrogen and oxygen atoms in total. The lowest BCUT2D eigenvalue weighted by atomic mass is 10.2. The zero-order valence-electron chi connectivity index (χ0n) is 12.0. The van der Waals surface area contributed by atoms with Crippen LogP contribution in [0.15, 0.2) is 40.6 Å². The summed E-state index contributed by atoms with van der Waals surface area (Å²) in [6, 6.07) is 5.33. The minimum atomic E-state index is -0.296. The average molecular weight is 299 g/mol. The van der Waals surface area contributed by atoms with Crippen molar-refractivity contribution in [3.63, 3.8) is 0 Å². The Hall–Kier alpha value is -3.16. The maximum absolute atomic E-state index is 12.1. The molecule has 3 aromatic rings. The van der Waals surface area contributed by atoms with Crippen LogP contribution in [0, 0.1) is 0 Å². The smallest absolute Gasteiger partial charge is 0.285 e. The van der Waals surface area contributed by atoms with Crippen LogP contribution in [0.3, 0.4) is 0 Å². The first-order valence-corrected chi connectivity index (χ1v) is 6.40. The molecule has 2 heterocycles. The van der Waals surface area contributed by atoms with Crippen LogP contribution in [-0.2, 0) is 0 Å². The maximum atomic E-state index is 12.1. The summed E-state index contributed by atoms with van der Waals surface area (Å²) in [4.78, 5) is 16.2. The summed E-state index contributed by atoms with van der Waals surface area (Å²) in [5.41, 5.74) is 0.898. The summed E-state index contributed by atoms with van der Waals surface area (Å²) < 4.78 is 11.5. The van der Waals surface area contributed by atoms with Crippen LogP contribution in [-0.4, -0.2) is 40.3 Å². The average Bonchev–Trinajstić information content (AvgIpc) is 3.03. The van der Waals surface area contributed by atoms with Gasteiger partial charge in [0.25, 0.3) is 5.56 Å². The van der Waals surface area contributed by atoms with E-state index >= 15 is 0 Å². The van der Waals surface area contributed by atoms with Crippen molar-refractivity contribution in [2.24, 2.45) is 5.10 Å². The Bertz CT molecular complexity index is 897. The number of nitrogens with zero attached hydrogens (tertiary/aromatic N) is 4. The second kappa shape index (κ2) is 5.68. The lowest BCUT2D eigenvalue weighted by Gasteiger charge is -2.07. The van der Waals surface area contributed by atoms with Crippen molar-refractivity contribution in [3.8, 4) is 11.5 Å². The van der Waals surface area contributed by atoms with Gasteiger partial charge in [-0.25, -0.2) is 4.98 Å². The van der Waals surface area contributed by atoms with Gasteiger partial charge in [0, 0.05) is 0 Å². The van der Waals surface area contributed by atoms with Crippen LogP contribution < -0.4 is 15.0 Å². The molecule has 0 saturated carbocycles. The SMILES string of the molecule is COc1ccc(/C=N/n2cnc3[nH]ncc3c2=O)cc1OC. The van der Waals surface area contributed by atoms with E-state index in [4.69, 9.17) is 9.47 Å². The molecule has 112 valence electrons. The molecule has 8 heteroatoms. The first-order valence-electron chi connectivity index (χ1n) is 6.40. The third-order valence-electron chi connectivity index (χ3n) is 3.09. The Morgan fingerprint density at radius 3 is 2.86 bits per heavy atom. The fourth-order valence-electron chi connectivity index (χ4n) is 1.97. The van der Waals surface area contributed by atoms with Crippen LogP contribution in [0.2, 0.25) is 0 Å². The second-order valence-corrected chi connectivity index (χ2v) is 4.39. The molecule has 0 unspecified atom stereocenters. The third kappa shape index (κ3) is 2.41. The number of hydrogen-bond acceptors (Lipinski definition) is 6. The molecule has 0 atom stereocenters. The number of H-pyrrole nitrogens is 1. The standard InChI is InChI=1S/C14H13N5O3/c1-21-11-4-3-9(5-12(11)22-2)6-17-19-8-15-13-10(14(19)20)7-16-18-13/h3-8H,1-2H3,(H,16,18)/b17-6+. The van der Waals surface area contributed by atoms with Gasteiger partial charge in [0.05, 0.1) is 26.6 Å². The molecule has 3 rings (SSSR count). The highest BCUT2D eigenvalue weighted by Crippen LogP contribution is 2.26. The molecule has 1 aromatic carbocycles. The highest BCUT2D eigenvalue weighted by atomic mass is 16.5. The van der Waals surface area contributed by atoms with Gasteiger partial charge >= 0.3 is 0 Å². The van der Waals surface area contributed by atoms with Gasteiger partial charge in [-0.15, -0.1) is 0 Å². The number of aromatic nitrogens is 4. The van der Waals surface area contributed by atoms with Gasteiger partial charge in [-0.1, -0.05) is 0 Å². The third-order valence-corrected chi connectivity index (χ3v) is 3.09. The van der Waals surface area contributed by atoms with Crippen molar-refractivity contribution in [1.82, 2.24) is 19.9 Å². The first-order chi connectivity index (χ1) is 10.7. The van der Waals surface area contributed by atoms with E-state index in [1.807, 2.05) is 0 Å². The number of aromatic amines is 1. The quantitative estimate of drug-likeness (QED) is 0.726. The Balaban J connectivity index is 1.95. The monoisotopic (exact) mass is 299 g/mol. The van der Waals surface area contributed by atoms with E-state index in [0.717, 1.165) is 10.2 Å². The van der Waals surface area contributed by atoms with E-state index in [1.165, 1.54) is 18.7 Å². The first kappa shape index (κ1) is 13.8. The van der Waals surface area contributed by atoms with Crippen LogP contribution in [0.25, 0.3) is 11.0 Å². The molecule has 2 aromatic heterocycles. The lowest BCUT2D eigenvalue weighted by Crippen LogP contribution is -2.16. The van der Waals surface area contributed by atoms with Crippen molar-refractivity contribution in [2.45, 2.75) is 0 Å². The van der Waals surface area contributed by atoms with Crippen LogP contribution in [0.4, 0.5) is 0 Å². The Morgan fingerprint density at radius 1 is 1.27 bits per heavy atom. The molecular formula is C14H13N5O3. The molecular weight excluding hydrogens is 286 g/mol. The molecule has 22 heavy (non-hydrogen) atoms. The van der Waals surface area contributed by atoms with Crippen molar-refractivity contribution in [2.75, 3.05) is 14.2 Å². The predicted octanol–water partition coefficient (Wildman–Crippen LogP) is 1.02. The number of methoxy groups -OCH3 is 2. The van der Waals surface area contributed by atoms with E-state index in [1.54, 1.807) is 32.4 Å². The highest BCUT2D eigenvalue weighted by molar-refractivity contribution is 5.81. The summed E-state index contributed by atoms with van der Waals surface area (Å²) in [5.74, 6) is 1.21. The van der Waals surface area contributed by atoms with Gasteiger partial charge in [-0.05, 0) is 23.8 Å². The van der Waals surface area contributed by atoms with E-state index in [-0.39, 0.29) is 5.56 Å². The Labute approximate surface area is 125 Å². The van der Waals surface area contributed by atoms with Gasteiger partial charge < -0.3 is 9.47 Å². The molecule has 0 fully saturated rings.